The van der Waals surface area contributed by atoms with Gasteiger partial charge < -0.3 is 15.0 Å². The Morgan fingerprint density at radius 2 is 2.06 bits per heavy atom. The fraction of sp³-hybridized carbons (Fsp3) is 0.440. The number of amides is 1. The lowest BCUT2D eigenvalue weighted by molar-refractivity contribution is 0.0529. The van der Waals surface area contributed by atoms with Crippen LogP contribution in [0.2, 0.25) is 0 Å². The van der Waals surface area contributed by atoms with Gasteiger partial charge >= 0.3 is 0 Å². The highest BCUT2D eigenvalue weighted by atomic mass is 16.5. The zero-order chi connectivity index (χ0) is 23.1. The van der Waals surface area contributed by atoms with Crippen LogP contribution < -0.4 is 10.2 Å². The maximum Gasteiger partial charge on any atom is 0.261 e. The molecular weight excluding hydrogens is 430 g/mol. The van der Waals surface area contributed by atoms with E-state index >= 15 is 0 Å². The van der Waals surface area contributed by atoms with Gasteiger partial charge in [-0.05, 0) is 44.0 Å². The molecule has 2 aliphatic rings. The number of rotatable bonds is 4. The molecule has 1 aromatic carbocycles. The number of hydrogen-bond donors (Lipinski definition) is 1. The third-order valence-electron chi connectivity index (χ3n) is 6.89. The molecule has 0 unspecified atom stereocenters. The summed E-state index contributed by atoms with van der Waals surface area (Å²) in [4.78, 5) is 20.1. The molecule has 4 aromatic rings. The summed E-state index contributed by atoms with van der Waals surface area (Å²) in [5, 5.41) is 13.2. The second-order valence-electron chi connectivity index (χ2n) is 9.37. The Hall–Kier alpha value is -3.46. The minimum absolute atomic E-state index is 0.150. The van der Waals surface area contributed by atoms with Crippen LogP contribution in [0.3, 0.4) is 0 Å². The van der Waals surface area contributed by atoms with Crippen LogP contribution in [0.1, 0.15) is 55.4 Å². The lowest BCUT2D eigenvalue weighted by atomic mass is 9.96. The standard InChI is InChI=1S/C25H29N7O2/c1-17-15-30(11-12-34-17)23-9-10-31-24(28-23)21(14-26-31)25(33)27-19-7-8-22-18(13-19)16-32(29-22)20-5-3-2-4-6-20/h7-10,13-14,16-17,20H,2-6,11-12,15H2,1H3,(H,27,33)/t17-/m1/s1. The van der Waals surface area contributed by atoms with Crippen molar-refractivity contribution >= 4 is 34.0 Å². The first-order valence-electron chi connectivity index (χ1n) is 12.2. The Balaban J connectivity index is 1.23. The van der Waals surface area contributed by atoms with Gasteiger partial charge in [0.05, 0.1) is 30.5 Å². The molecule has 3 aromatic heterocycles. The van der Waals surface area contributed by atoms with Gasteiger partial charge in [0.15, 0.2) is 5.65 Å². The summed E-state index contributed by atoms with van der Waals surface area (Å²) in [6, 6.07) is 8.26. The number of ether oxygens (including phenoxy) is 1. The number of nitrogens with zero attached hydrogens (tertiary/aromatic N) is 6. The van der Waals surface area contributed by atoms with E-state index in [9.17, 15) is 4.79 Å². The second kappa shape index (κ2) is 8.72. The van der Waals surface area contributed by atoms with E-state index in [2.05, 4.69) is 33.1 Å². The normalized spacial score (nSPS) is 19.7. The minimum Gasteiger partial charge on any atom is -0.375 e. The molecule has 0 bridgehead atoms. The van der Waals surface area contributed by atoms with Crippen LogP contribution in [0.4, 0.5) is 11.5 Å². The smallest absolute Gasteiger partial charge is 0.261 e. The molecule has 2 fully saturated rings. The number of fused-ring (bicyclic) bond motifs is 2. The van der Waals surface area contributed by atoms with E-state index < -0.39 is 0 Å². The number of carbonyl (C=O) groups excluding carboxylic acids is 1. The lowest BCUT2D eigenvalue weighted by Crippen LogP contribution is -2.41. The van der Waals surface area contributed by atoms with Gasteiger partial charge in [-0.3, -0.25) is 9.48 Å². The first-order valence-corrected chi connectivity index (χ1v) is 12.2. The predicted octanol–water partition coefficient (Wildman–Crippen LogP) is 4.06. The van der Waals surface area contributed by atoms with E-state index in [-0.39, 0.29) is 12.0 Å². The SMILES string of the molecule is C[C@@H]1CN(c2ccn3ncc(C(=O)Nc4ccc5nn(C6CCCCC6)cc5c4)c3n2)CCO1. The zero-order valence-electron chi connectivity index (χ0n) is 19.4. The fourth-order valence-corrected chi connectivity index (χ4v) is 5.08. The van der Waals surface area contributed by atoms with Crippen molar-refractivity contribution in [1.29, 1.82) is 0 Å². The van der Waals surface area contributed by atoms with E-state index in [4.69, 9.17) is 14.8 Å². The molecule has 6 rings (SSSR count). The van der Waals surface area contributed by atoms with Gasteiger partial charge in [-0.15, -0.1) is 0 Å². The van der Waals surface area contributed by atoms with Gasteiger partial charge in [-0.25, -0.2) is 9.50 Å². The van der Waals surface area contributed by atoms with Crippen LogP contribution in [0.25, 0.3) is 16.6 Å². The molecule has 1 aliphatic heterocycles. The van der Waals surface area contributed by atoms with E-state index in [0.29, 0.717) is 23.9 Å². The van der Waals surface area contributed by atoms with Crippen molar-refractivity contribution in [3.63, 3.8) is 0 Å². The number of anilines is 2. The summed E-state index contributed by atoms with van der Waals surface area (Å²) >= 11 is 0. The van der Waals surface area contributed by atoms with Gasteiger partial charge in [0.25, 0.3) is 5.91 Å². The molecule has 0 spiro atoms. The Morgan fingerprint density at radius 3 is 2.91 bits per heavy atom. The second-order valence-corrected chi connectivity index (χ2v) is 9.37. The van der Waals surface area contributed by atoms with Crippen LogP contribution >= 0.6 is 0 Å². The molecule has 9 heteroatoms. The monoisotopic (exact) mass is 459 g/mol. The molecule has 9 nitrogen and oxygen atoms in total. The van der Waals surface area contributed by atoms with Crippen LogP contribution in [0.5, 0.6) is 0 Å². The largest absolute Gasteiger partial charge is 0.375 e. The van der Waals surface area contributed by atoms with Crippen molar-refractivity contribution in [3.05, 3.63) is 48.4 Å². The van der Waals surface area contributed by atoms with E-state index in [1.807, 2.05) is 30.5 Å². The van der Waals surface area contributed by atoms with Crippen molar-refractivity contribution in [2.75, 3.05) is 29.9 Å². The highest BCUT2D eigenvalue weighted by Gasteiger charge is 2.21. The summed E-state index contributed by atoms with van der Waals surface area (Å²) in [5.74, 6) is 0.600. The van der Waals surface area contributed by atoms with Crippen molar-refractivity contribution in [3.8, 4) is 0 Å². The summed E-state index contributed by atoms with van der Waals surface area (Å²) in [6.45, 7) is 4.27. The number of aromatic nitrogens is 5. The van der Waals surface area contributed by atoms with Gasteiger partial charge in [-0.2, -0.15) is 10.2 Å². The highest BCUT2D eigenvalue weighted by molar-refractivity contribution is 6.08. The van der Waals surface area contributed by atoms with Crippen LogP contribution in [-0.2, 0) is 4.74 Å². The summed E-state index contributed by atoms with van der Waals surface area (Å²) in [7, 11) is 0. The maximum absolute atomic E-state index is 13.2. The molecule has 1 atom stereocenters. The lowest BCUT2D eigenvalue weighted by Gasteiger charge is -2.31. The van der Waals surface area contributed by atoms with Gasteiger partial charge in [0, 0.05) is 36.6 Å². The molecule has 34 heavy (non-hydrogen) atoms. The van der Waals surface area contributed by atoms with Crippen molar-refractivity contribution in [2.24, 2.45) is 0 Å². The number of carbonyl (C=O) groups is 1. The first-order chi connectivity index (χ1) is 16.6. The highest BCUT2D eigenvalue weighted by Crippen LogP contribution is 2.29. The average molecular weight is 460 g/mol. The predicted molar refractivity (Wildman–Crippen MR) is 130 cm³/mol. The maximum atomic E-state index is 13.2. The van der Waals surface area contributed by atoms with Crippen LogP contribution in [-0.4, -0.2) is 56.1 Å². The third-order valence-corrected chi connectivity index (χ3v) is 6.89. The van der Waals surface area contributed by atoms with E-state index in [1.165, 1.54) is 32.1 Å². The molecule has 1 saturated heterocycles. The zero-order valence-corrected chi connectivity index (χ0v) is 19.4. The number of morpholine rings is 1. The summed E-state index contributed by atoms with van der Waals surface area (Å²) in [5.41, 5.74) is 2.67. The van der Waals surface area contributed by atoms with Crippen LogP contribution in [0.15, 0.2) is 42.9 Å². The molecular formula is C25H29N7O2. The molecule has 0 radical (unpaired) electrons. The summed E-state index contributed by atoms with van der Waals surface area (Å²) < 4.78 is 9.39. The van der Waals surface area contributed by atoms with Gasteiger partial charge in [-0.1, -0.05) is 19.3 Å². The minimum atomic E-state index is -0.228. The van der Waals surface area contributed by atoms with E-state index in [0.717, 1.165) is 35.5 Å². The molecule has 1 amide bonds. The van der Waals surface area contributed by atoms with E-state index in [1.54, 1.807) is 10.7 Å². The summed E-state index contributed by atoms with van der Waals surface area (Å²) in [6.07, 6.45) is 11.9. The Kier molecular flexibility index (Phi) is 5.41. The Morgan fingerprint density at radius 1 is 1.18 bits per heavy atom. The average Bonchev–Trinajstić information content (AvgIpc) is 3.48. The third kappa shape index (κ3) is 4.00. The van der Waals surface area contributed by atoms with Crippen molar-refractivity contribution in [2.45, 2.75) is 51.2 Å². The first kappa shape index (κ1) is 21.1. The number of nitrogens with one attached hydrogen (secondary N) is 1. The molecule has 1 aliphatic carbocycles. The molecule has 1 N–H and O–H groups in total. The number of hydrogen-bond acceptors (Lipinski definition) is 6. The van der Waals surface area contributed by atoms with Gasteiger partial charge in [0.1, 0.15) is 11.4 Å². The van der Waals surface area contributed by atoms with Crippen molar-refractivity contribution < 1.29 is 9.53 Å². The van der Waals surface area contributed by atoms with Crippen molar-refractivity contribution in [1.82, 2.24) is 24.4 Å². The quantitative estimate of drug-likeness (QED) is 0.495. The molecule has 4 heterocycles. The number of benzene rings is 1. The Labute approximate surface area is 197 Å². The molecule has 176 valence electrons. The van der Waals surface area contributed by atoms with Crippen LogP contribution in [0, 0.1) is 0 Å². The fourth-order valence-electron chi connectivity index (χ4n) is 5.08. The molecule has 1 saturated carbocycles. The van der Waals surface area contributed by atoms with Gasteiger partial charge in [0.2, 0.25) is 0 Å². The Bertz CT molecular complexity index is 1340. The topological polar surface area (TPSA) is 89.6 Å².